The molecule has 1 N–H and O–H groups in total. The molecule has 0 bridgehead atoms. The summed E-state index contributed by atoms with van der Waals surface area (Å²) in [5.41, 5.74) is 0.212. The normalized spacial score (nSPS) is 10.8. The number of benzene rings is 1. The highest BCUT2D eigenvalue weighted by Crippen LogP contribution is 2.31. The van der Waals surface area contributed by atoms with Crippen LogP contribution in [0.15, 0.2) is 34.6 Å². The van der Waals surface area contributed by atoms with Crippen LogP contribution < -0.4 is 0 Å². The van der Waals surface area contributed by atoms with Gasteiger partial charge in [0.25, 0.3) is 0 Å². The van der Waals surface area contributed by atoms with Gasteiger partial charge in [-0.2, -0.15) is 0 Å². The van der Waals surface area contributed by atoms with E-state index in [1.165, 1.54) is 0 Å². The smallest absolute Gasteiger partial charge is 0.172 e. The van der Waals surface area contributed by atoms with Crippen molar-refractivity contribution < 1.29 is 13.9 Å². The van der Waals surface area contributed by atoms with Gasteiger partial charge in [-0.25, -0.2) is 13.8 Å². The molecule has 0 spiro atoms. The van der Waals surface area contributed by atoms with Crippen LogP contribution in [0.25, 0.3) is 0 Å². The van der Waals surface area contributed by atoms with E-state index in [4.69, 9.17) is 5.11 Å². The summed E-state index contributed by atoms with van der Waals surface area (Å²) in [7, 11) is 1.74. The standard InChI is InChI=1S/C11H10F2N2OS/c1-15-3-2-14-11(15)17-10-8(12)4-7(6-16)5-9(10)13/h2-5,16H,6H2,1H3. The molecule has 1 aromatic carbocycles. The highest BCUT2D eigenvalue weighted by molar-refractivity contribution is 7.99. The molecule has 0 saturated carbocycles. The van der Waals surface area contributed by atoms with Crippen molar-refractivity contribution in [3.8, 4) is 0 Å². The topological polar surface area (TPSA) is 38.0 Å². The minimum Gasteiger partial charge on any atom is -0.392 e. The lowest BCUT2D eigenvalue weighted by Crippen LogP contribution is -1.95. The molecular formula is C11H10F2N2OS. The van der Waals surface area contributed by atoms with E-state index in [0.29, 0.717) is 5.16 Å². The zero-order chi connectivity index (χ0) is 12.4. The maximum absolute atomic E-state index is 13.6. The van der Waals surface area contributed by atoms with Crippen LogP contribution in [0.3, 0.4) is 0 Å². The second kappa shape index (κ2) is 4.85. The Morgan fingerprint density at radius 3 is 2.47 bits per heavy atom. The van der Waals surface area contributed by atoms with Gasteiger partial charge < -0.3 is 9.67 Å². The molecule has 0 aliphatic carbocycles. The monoisotopic (exact) mass is 256 g/mol. The minimum atomic E-state index is -0.693. The molecule has 2 rings (SSSR count). The van der Waals surface area contributed by atoms with Crippen LogP contribution in [0.1, 0.15) is 5.56 Å². The number of hydrogen-bond acceptors (Lipinski definition) is 3. The molecular weight excluding hydrogens is 246 g/mol. The Morgan fingerprint density at radius 1 is 1.35 bits per heavy atom. The summed E-state index contributed by atoms with van der Waals surface area (Å²) in [6.07, 6.45) is 3.25. The molecule has 0 aliphatic heterocycles. The Bertz CT molecular complexity index is 519. The third kappa shape index (κ3) is 2.48. The van der Waals surface area contributed by atoms with Gasteiger partial charge >= 0.3 is 0 Å². The van der Waals surface area contributed by atoms with E-state index in [1.807, 2.05) is 0 Å². The zero-order valence-electron chi connectivity index (χ0n) is 9.02. The highest BCUT2D eigenvalue weighted by atomic mass is 32.2. The molecule has 0 amide bonds. The van der Waals surface area contributed by atoms with Crippen LogP contribution in [-0.4, -0.2) is 14.7 Å². The molecule has 1 aromatic heterocycles. The second-order valence-corrected chi connectivity index (χ2v) is 4.45. The fourth-order valence-electron chi connectivity index (χ4n) is 1.34. The number of aliphatic hydroxyl groups is 1. The lowest BCUT2D eigenvalue weighted by Gasteiger charge is -2.06. The molecule has 1 heterocycles. The molecule has 17 heavy (non-hydrogen) atoms. The van der Waals surface area contributed by atoms with E-state index in [0.717, 1.165) is 23.9 Å². The number of halogens is 2. The Hall–Kier alpha value is -1.40. The minimum absolute atomic E-state index is 0.114. The van der Waals surface area contributed by atoms with Crippen LogP contribution in [0.4, 0.5) is 8.78 Å². The van der Waals surface area contributed by atoms with Gasteiger partial charge in [-0.05, 0) is 29.5 Å². The predicted molar refractivity (Wildman–Crippen MR) is 59.6 cm³/mol. The number of aliphatic hydroxyl groups excluding tert-OH is 1. The Balaban J connectivity index is 2.36. The number of nitrogens with zero attached hydrogens (tertiary/aromatic N) is 2. The SMILES string of the molecule is Cn1ccnc1Sc1c(F)cc(CO)cc1F. The third-order valence-corrected chi connectivity index (χ3v) is 3.38. The lowest BCUT2D eigenvalue weighted by molar-refractivity contribution is 0.280. The zero-order valence-corrected chi connectivity index (χ0v) is 9.84. The molecule has 0 radical (unpaired) electrons. The van der Waals surface area contributed by atoms with Gasteiger partial charge in [0.05, 0.1) is 11.5 Å². The second-order valence-electron chi connectivity index (χ2n) is 3.47. The third-order valence-electron chi connectivity index (χ3n) is 2.21. The molecule has 0 fully saturated rings. The van der Waals surface area contributed by atoms with Gasteiger partial charge in [-0.1, -0.05) is 0 Å². The number of aromatic nitrogens is 2. The summed E-state index contributed by atoms with van der Waals surface area (Å²) in [4.78, 5) is 3.86. The van der Waals surface area contributed by atoms with Crippen molar-refractivity contribution in [3.05, 3.63) is 41.7 Å². The summed E-state index contributed by atoms with van der Waals surface area (Å²) in [6, 6.07) is 2.24. The molecule has 2 aromatic rings. The van der Waals surface area contributed by atoms with E-state index >= 15 is 0 Å². The first-order chi connectivity index (χ1) is 8.11. The van der Waals surface area contributed by atoms with Crippen molar-refractivity contribution in [1.29, 1.82) is 0 Å². The summed E-state index contributed by atoms with van der Waals surface area (Å²) >= 11 is 0.914. The number of aryl methyl sites for hydroxylation is 1. The number of rotatable bonds is 3. The van der Waals surface area contributed by atoms with Crippen LogP contribution >= 0.6 is 11.8 Å². The van der Waals surface area contributed by atoms with Gasteiger partial charge in [0.15, 0.2) is 5.16 Å². The van der Waals surface area contributed by atoms with E-state index < -0.39 is 11.6 Å². The van der Waals surface area contributed by atoms with E-state index in [2.05, 4.69) is 4.98 Å². The average molecular weight is 256 g/mol. The number of imidazole rings is 1. The first kappa shape index (κ1) is 12.1. The first-order valence-electron chi connectivity index (χ1n) is 4.85. The van der Waals surface area contributed by atoms with Crippen molar-refractivity contribution in [2.75, 3.05) is 0 Å². The van der Waals surface area contributed by atoms with Gasteiger partial charge in [0.2, 0.25) is 0 Å². The summed E-state index contributed by atoms with van der Waals surface area (Å²) in [5.74, 6) is -1.39. The van der Waals surface area contributed by atoms with Crippen LogP contribution in [-0.2, 0) is 13.7 Å². The summed E-state index contributed by atoms with van der Waals surface area (Å²) in [6.45, 7) is -0.388. The van der Waals surface area contributed by atoms with Crippen LogP contribution in [0, 0.1) is 11.6 Å². The maximum Gasteiger partial charge on any atom is 0.172 e. The Kier molecular flexibility index (Phi) is 3.44. The molecule has 0 saturated heterocycles. The van der Waals surface area contributed by atoms with E-state index in [9.17, 15) is 8.78 Å². The number of hydrogen-bond donors (Lipinski definition) is 1. The summed E-state index contributed by atoms with van der Waals surface area (Å²) in [5, 5.41) is 9.32. The van der Waals surface area contributed by atoms with Gasteiger partial charge in [-0.15, -0.1) is 0 Å². The largest absolute Gasteiger partial charge is 0.392 e. The van der Waals surface area contributed by atoms with Crippen molar-refractivity contribution in [1.82, 2.24) is 9.55 Å². The molecule has 90 valence electrons. The lowest BCUT2D eigenvalue weighted by atomic mass is 10.2. The molecule has 3 nitrogen and oxygen atoms in total. The fourth-order valence-corrected chi connectivity index (χ4v) is 2.16. The maximum atomic E-state index is 13.6. The van der Waals surface area contributed by atoms with Crippen molar-refractivity contribution >= 4 is 11.8 Å². The molecule has 6 heteroatoms. The van der Waals surface area contributed by atoms with Crippen LogP contribution in [0.2, 0.25) is 0 Å². The van der Waals surface area contributed by atoms with Crippen molar-refractivity contribution in [3.63, 3.8) is 0 Å². The molecule has 0 aliphatic rings. The van der Waals surface area contributed by atoms with E-state index in [1.54, 1.807) is 24.0 Å². The summed E-state index contributed by atoms with van der Waals surface area (Å²) < 4.78 is 28.9. The van der Waals surface area contributed by atoms with E-state index in [-0.39, 0.29) is 17.1 Å². The Labute approximate surface area is 101 Å². The van der Waals surface area contributed by atoms with Gasteiger partial charge in [0.1, 0.15) is 11.6 Å². The van der Waals surface area contributed by atoms with Crippen molar-refractivity contribution in [2.45, 2.75) is 16.7 Å². The van der Waals surface area contributed by atoms with Crippen molar-refractivity contribution in [2.24, 2.45) is 7.05 Å². The molecule has 0 unspecified atom stereocenters. The fraction of sp³-hybridized carbons (Fsp3) is 0.182. The highest BCUT2D eigenvalue weighted by Gasteiger charge is 2.14. The van der Waals surface area contributed by atoms with Gasteiger partial charge in [0, 0.05) is 19.4 Å². The quantitative estimate of drug-likeness (QED) is 0.916. The van der Waals surface area contributed by atoms with Gasteiger partial charge in [-0.3, -0.25) is 0 Å². The first-order valence-corrected chi connectivity index (χ1v) is 5.67. The van der Waals surface area contributed by atoms with Crippen LogP contribution in [0.5, 0.6) is 0 Å². The average Bonchev–Trinajstić information content (AvgIpc) is 2.69. The molecule has 0 atom stereocenters. The predicted octanol–water partition coefficient (Wildman–Crippen LogP) is 2.34. The Morgan fingerprint density at radius 2 is 2.00 bits per heavy atom.